The van der Waals surface area contributed by atoms with Crippen molar-refractivity contribution >= 4 is 5.91 Å². The largest absolute Gasteiger partial charge is 0.341 e. The number of carbonyl (C=O) groups is 1. The second-order valence-electron chi connectivity index (χ2n) is 4.83. The Labute approximate surface area is 104 Å². The Morgan fingerprint density at radius 2 is 2.24 bits per heavy atom. The van der Waals surface area contributed by atoms with Crippen LogP contribution in [0.2, 0.25) is 0 Å². The van der Waals surface area contributed by atoms with Crippen LogP contribution in [-0.2, 0) is 4.79 Å². The number of amides is 1. The standard InChI is InChI=1S/C14H21N2O/c1-16(11-12-5-3-2-4-6-12)14(17)13-7-9-15-10-8-13/h2-3,5-6,13,15H,4,7-11H2,1H3. The van der Waals surface area contributed by atoms with Gasteiger partial charge in [-0.15, -0.1) is 0 Å². The summed E-state index contributed by atoms with van der Waals surface area (Å²) in [5.74, 6) is 0.524. The first-order chi connectivity index (χ1) is 8.27. The quantitative estimate of drug-likeness (QED) is 0.802. The maximum absolute atomic E-state index is 12.2. The molecular weight excluding hydrogens is 212 g/mol. The highest BCUT2D eigenvalue weighted by Gasteiger charge is 2.23. The van der Waals surface area contributed by atoms with Crippen molar-refractivity contribution in [1.82, 2.24) is 10.2 Å². The number of allylic oxidation sites excluding steroid dienone is 2. The van der Waals surface area contributed by atoms with Gasteiger partial charge >= 0.3 is 0 Å². The molecule has 0 bridgehead atoms. The Hall–Kier alpha value is -1.09. The van der Waals surface area contributed by atoms with Crippen LogP contribution in [0.15, 0.2) is 23.8 Å². The third kappa shape index (κ3) is 3.43. The Bertz CT molecular complexity index is 327. The fraction of sp³-hybridized carbons (Fsp3) is 0.571. The lowest BCUT2D eigenvalue weighted by atomic mass is 9.96. The average molecular weight is 233 g/mol. The lowest BCUT2D eigenvalue weighted by Gasteiger charge is -2.27. The second kappa shape index (κ2) is 6.01. The van der Waals surface area contributed by atoms with Crippen molar-refractivity contribution in [2.75, 3.05) is 26.7 Å². The van der Waals surface area contributed by atoms with E-state index >= 15 is 0 Å². The molecule has 2 rings (SSSR count). The molecule has 1 aliphatic heterocycles. The summed E-state index contributed by atoms with van der Waals surface area (Å²) in [4.78, 5) is 14.1. The van der Waals surface area contributed by atoms with E-state index in [9.17, 15) is 4.79 Å². The van der Waals surface area contributed by atoms with Gasteiger partial charge in [-0.3, -0.25) is 4.79 Å². The van der Waals surface area contributed by atoms with Crippen molar-refractivity contribution in [3.05, 3.63) is 30.2 Å². The van der Waals surface area contributed by atoms with Crippen LogP contribution in [0.3, 0.4) is 0 Å². The molecule has 3 heteroatoms. The van der Waals surface area contributed by atoms with Gasteiger partial charge in [0.15, 0.2) is 0 Å². The molecule has 1 amide bonds. The van der Waals surface area contributed by atoms with Crippen molar-refractivity contribution in [2.45, 2.75) is 19.3 Å². The van der Waals surface area contributed by atoms with E-state index in [0.29, 0.717) is 5.91 Å². The lowest BCUT2D eigenvalue weighted by molar-refractivity contribution is -0.134. The first-order valence-electron chi connectivity index (χ1n) is 6.42. The second-order valence-corrected chi connectivity index (χ2v) is 4.83. The van der Waals surface area contributed by atoms with E-state index in [1.165, 1.54) is 5.57 Å². The molecular formula is C14H21N2O. The normalized spacial score (nSPS) is 21.1. The molecule has 1 aliphatic carbocycles. The van der Waals surface area contributed by atoms with Crippen LogP contribution in [0.4, 0.5) is 0 Å². The molecule has 1 fully saturated rings. The first kappa shape index (κ1) is 12.4. The van der Waals surface area contributed by atoms with Gasteiger partial charge in [0.1, 0.15) is 0 Å². The van der Waals surface area contributed by atoms with E-state index in [1.54, 1.807) is 0 Å². The average Bonchev–Trinajstić information content (AvgIpc) is 2.40. The third-order valence-corrected chi connectivity index (χ3v) is 3.45. The van der Waals surface area contributed by atoms with Gasteiger partial charge in [-0.05, 0) is 44.3 Å². The third-order valence-electron chi connectivity index (χ3n) is 3.45. The Morgan fingerprint density at radius 1 is 1.47 bits per heavy atom. The van der Waals surface area contributed by atoms with Crippen LogP contribution in [-0.4, -0.2) is 37.5 Å². The van der Waals surface area contributed by atoms with E-state index in [0.717, 1.165) is 38.9 Å². The molecule has 1 saturated heterocycles. The predicted molar refractivity (Wildman–Crippen MR) is 69.4 cm³/mol. The van der Waals surface area contributed by atoms with Gasteiger partial charge in [0.25, 0.3) is 0 Å². The number of likely N-dealkylation sites (N-methyl/N-ethyl adjacent to an activating group) is 1. The van der Waals surface area contributed by atoms with Crippen LogP contribution in [0, 0.1) is 12.3 Å². The van der Waals surface area contributed by atoms with Crippen LogP contribution >= 0.6 is 0 Å². The summed E-state index contributed by atoms with van der Waals surface area (Å²) in [6.45, 7) is 2.69. The molecule has 93 valence electrons. The number of hydrogen-bond donors (Lipinski definition) is 1. The van der Waals surface area contributed by atoms with Crippen molar-refractivity contribution in [1.29, 1.82) is 0 Å². The highest BCUT2D eigenvalue weighted by Crippen LogP contribution is 2.16. The van der Waals surface area contributed by atoms with E-state index in [2.05, 4.69) is 30.0 Å². The highest BCUT2D eigenvalue weighted by atomic mass is 16.2. The Balaban J connectivity index is 1.85. The van der Waals surface area contributed by atoms with E-state index in [4.69, 9.17) is 0 Å². The lowest BCUT2D eigenvalue weighted by Crippen LogP contribution is -2.39. The summed E-state index contributed by atoms with van der Waals surface area (Å²) in [7, 11) is 1.91. The van der Waals surface area contributed by atoms with Gasteiger partial charge in [-0.2, -0.15) is 0 Å². The molecule has 3 nitrogen and oxygen atoms in total. The van der Waals surface area contributed by atoms with Gasteiger partial charge < -0.3 is 10.2 Å². The van der Waals surface area contributed by atoms with Crippen LogP contribution < -0.4 is 5.32 Å². The van der Waals surface area contributed by atoms with E-state index in [-0.39, 0.29) is 5.92 Å². The minimum atomic E-state index is 0.223. The summed E-state index contributed by atoms with van der Waals surface area (Å²) >= 11 is 0. The number of piperidine rings is 1. The number of carbonyl (C=O) groups excluding carboxylic acids is 1. The minimum Gasteiger partial charge on any atom is -0.341 e. The number of hydrogen-bond acceptors (Lipinski definition) is 2. The molecule has 1 heterocycles. The van der Waals surface area contributed by atoms with Gasteiger partial charge in [-0.25, -0.2) is 0 Å². The predicted octanol–water partition coefficient (Wildman–Crippen LogP) is 1.53. The zero-order chi connectivity index (χ0) is 12.1. The number of nitrogens with zero attached hydrogens (tertiary/aromatic N) is 1. The maximum Gasteiger partial charge on any atom is 0.225 e. The fourth-order valence-electron chi connectivity index (χ4n) is 2.41. The zero-order valence-corrected chi connectivity index (χ0v) is 10.5. The van der Waals surface area contributed by atoms with E-state index in [1.807, 2.05) is 11.9 Å². The van der Waals surface area contributed by atoms with Crippen molar-refractivity contribution in [3.8, 4) is 0 Å². The summed E-state index contributed by atoms with van der Waals surface area (Å²) in [5.41, 5.74) is 1.25. The molecule has 0 unspecified atom stereocenters. The van der Waals surface area contributed by atoms with Gasteiger partial charge in [0.2, 0.25) is 5.91 Å². The Kier molecular flexibility index (Phi) is 4.37. The van der Waals surface area contributed by atoms with Gasteiger partial charge in [0, 0.05) is 19.5 Å². The fourth-order valence-corrected chi connectivity index (χ4v) is 2.41. The van der Waals surface area contributed by atoms with Gasteiger partial charge in [-0.1, -0.05) is 18.2 Å². The molecule has 0 spiro atoms. The first-order valence-corrected chi connectivity index (χ1v) is 6.42. The van der Waals surface area contributed by atoms with Crippen LogP contribution in [0.25, 0.3) is 0 Å². The van der Waals surface area contributed by atoms with Crippen LogP contribution in [0.5, 0.6) is 0 Å². The number of rotatable bonds is 3. The molecule has 1 radical (unpaired) electrons. The molecule has 0 saturated carbocycles. The monoisotopic (exact) mass is 233 g/mol. The zero-order valence-electron chi connectivity index (χ0n) is 10.5. The van der Waals surface area contributed by atoms with Crippen molar-refractivity contribution in [3.63, 3.8) is 0 Å². The van der Waals surface area contributed by atoms with Crippen LogP contribution in [0.1, 0.15) is 19.3 Å². The summed E-state index contributed by atoms with van der Waals surface area (Å²) < 4.78 is 0. The topological polar surface area (TPSA) is 32.3 Å². The van der Waals surface area contributed by atoms with Crippen molar-refractivity contribution in [2.24, 2.45) is 5.92 Å². The minimum absolute atomic E-state index is 0.223. The molecule has 0 aromatic carbocycles. The highest BCUT2D eigenvalue weighted by molar-refractivity contribution is 5.79. The maximum atomic E-state index is 12.2. The molecule has 0 aromatic rings. The molecule has 1 N–H and O–H groups in total. The molecule has 17 heavy (non-hydrogen) atoms. The SMILES string of the molecule is CN(CC1=CC[CH]C=C1)C(=O)C1CCNCC1. The molecule has 2 aliphatic rings. The smallest absolute Gasteiger partial charge is 0.225 e. The molecule has 0 atom stereocenters. The molecule has 0 aromatic heterocycles. The summed E-state index contributed by atoms with van der Waals surface area (Å²) in [6, 6.07) is 0. The summed E-state index contributed by atoms with van der Waals surface area (Å²) in [6.07, 6.45) is 11.4. The Morgan fingerprint density at radius 3 is 2.88 bits per heavy atom. The van der Waals surface area contributed by atoms with Gasteiger partial charge in [0.05, 0.1) is 0 Å². The van der Waals surface area contributed by atoms with Crippen molar-refractivity contribution < 1.29 is 4.79 Å². The van der Waals surface area contributed by atoms with E-state index < -0.39 is 0 Å². The summed E-state index contributed by atoms with van der Waals surface area (Å²) in [5, 5.41) is 3.29. The number of nitrogens with one attached hydrogen (secondary N) is 1.